The fourth-order valence-electron chi connectivity index (χ4n) is 2.81. The van der Waals surface area contributed by atoms with Crippen LogP contribution in [0.25, 0.3) is 0 Å². The first-order valence-electron chi connectivity index (χ1n) is 7.15. The van der Waals surface area contributed by atoms with Crippen LogP contribution in [0.4, 0.5) is 0 Å². The summed E-state index contributed by atoms with van der Waals surface area (Å²) in [5.41, 5.74) is 5.49. The van der Waals surface area contributed by atoms with E-state index in [9.17, 15) is 9.82 Å². The molecule has 2 heterocycles. The van der Waals surface area contributed by atoms with Gasteiger partial charge in [0, 0.05) is 12.2 Å². The van der Waals surface area contributed by atoms with Crippen LogP contribution >= 0.6 is 0 Å². The first-order valence-corrected chi connectivity index (χ1v) is 7.15. The van der Waals surface area contributed by atoms with E-state index < -0.39 is 13.2 Å². The van der Waals surface area contributed by atoms with Gasteiger partial charge in [-0.1, -0.05) is 6.08 Å². The smallest absolute Gasteiger partial charge is 0.523 e. The average Bonchev–Trinajstić information content (AvgIpc) is 2.81. The van der Waals surface area contributed by atoms with Crippen molar-refractivity contribution < 1.29 is 24.3 Å². The van der Waals surface area contributed by atoms with Gasteiger partial charge in [0.25, 0.3) is 0 Å². The van der Waals surface area contributed by atoms with Crippen molar-refractivity contribution in [3.63, 3.8) is 0 Å². The predicted molar refractivity (Wildman–Crippen MR) is 74.7 cm³/mol. The summed E-state index contributed by atoms with van der Waals surface area (Å²) in [6, 6.07) is -0.861. The maximum absolute atomic E-state index is 11.7. The first-order chi connectivity index (χ1) is 10.1. The van der Waals surface area contributed by atoms with Crippen LogP contribution in [0.1, 0.15) is 6.42 Å². The molecule has 0 aromatic carbocycles. The number of nitrogens with zero attached hydrogens (tertiary/aromatic N) is 1. The lowest BCUT2D eigenvalue weighted by atomic mass is 9.79. The molecule has 2 fully saturated rings. The lowest BCUT2D eigenvalue weighted by Gasteiger charge is -2.40. The highest BCUT2D eigenvalue weighted by atomic mass is 16.6. The second-order valence-corrected chi connectivity index (χ2v) is 5.64. The van der Waals surface area contributed by atoms with Crippen LogP contribution < -0.4 is 5.73 Å². The van der Waals surface area contributed by atoms with E-state index in [1.54, 1.807) is 4.90 Å². The standard InChI is InChI=1S/C13H19BN2O5/c15-10(7-17)13(18)16-5-9(6-16)20-11-3-1-2-8-4-14(19)21-12(8)11/h1,3,8-10,17,19H,2,4-7,15H2/t8?,10-/m0/s1. The van der Waals surface area contributed by atoms with E-state index in [4.69, 9.17) is 20.2 Å². The van der Waals surface area contributed by atoms with E-state index in [1.807, 2.05) is 12.2 Å². The molecule has 0 aromatic rings. The zero-order valence-corrected chi connectivity index (χ0v) is 11.6. The van der Waals surface area contributed by atoms with Crippen LogP contribution in [0.15, 0.2) is 23.7 Å². The van der Waals surface area contributed by atoms with Crippen molar-refractivity contribution in [2.75, 3.05) is 19.7 Å². The fraction of sp³-hybridized carbons (Fsp3) is 0.615. The molecule has 21 heavy (non-hydrogen) atoms. The minimum atomic E-state index is -0.861. The molecule has 0 aromatic heterocycles. The molecular weight excluding hydrogens is 275 g/mol. The molecule has 4 N–H and O–H groups in total. The number of ether oxygens (including phenoxy) is 1. The molecule has 0 bridgehead atoms. The van der Waals surface area contributed by atoms with Crippen LogP contribution in [0.5, 0.6) is 0 Å². The molecule has 0 spiro atoms. The van der Waals surface area contributed by atoms with Crippen molar-refractivity contribution in [2.45, 2.75) is 24.9 Å². The molecule has 114 valence electrons. The van der Waals surface area contributed by atoms with Crippen molar-refractivity contribution in [3.8, 4) is 0 Å². The molecule has 1 aliphatic carbocycles. The van der Waals surface area contributed by atoms with E-state index in [2.05, 4.69) is 0 Å². The van der Waals surface area contributed by atoms with E-state index >= 15 is 0 Å². The van der Waals surface area contributed by atoms with Crippen molar-refractivity contribution in [2.24, 2.45) is 11.7 Å². The van der Waals surface area contributed by atoms with Gasteiger partial charge < -0.3 is 30.2 Å². The number of fused-ring (bicyclic) bond motifs is 1. The van der Waals surface area contributed by atoms with Crippen molar-refractivity contribution >= 4 is 13.0 Å². The van der Waals surface area contributed by atoms with Crippen LogP contribution in [-0.2, 0) is 14.2 Å². The second kappa shape index (κ2) is 5.71. The van der Waals surface area contributed by atoms with E-state index in [0.29, 0.717) is 30.9 Å². The van der Waals surface area contributed by atoms with E-state index in [1.165, 1.54) is 0 Å². The Morgan fingerprint density at radius 1 is 1.62 bits per heavy atom. The highest BCUT2D eigenvalue weighted by Crippen LogP contribution is 2.37. The summed E-state index contributed by atoms with van der Waals surface area (Å²) in [7, 11) is -0.759. The van der Waals surface area contributed by atoms with Gasteiger partial charge in [0.1, 0.15) is 17.9 Å². The van der Waals surface area contributed by atoms with Gasteiger partial charge >= 0.3 is 7.12 Å². The molecule has 3 rings (SSSR count). The number of rotatable bonds is 4. The largest absolute Gasteiger partial charge is 0.536 e. The molecule has 2 aliphatic heterocycles. The Bertz CT molecular complexity index is 489. The monoisotopic (exact) mass is 294 g/mol. The number of hydrogen-bond acceptors (Lipinski definition) is 6. The SMILES string of the molecule is N[C@@H](CO)C(=O)N1CC(OC2=C3OB(O)CC3CC=C2)C1. The number of likely N-dealkylation sites (tertiary alicyclic amines) is 1. The van der Waals surface area contributed by atoms with Gasteiger partial charge in [0.2, 0.25) is 5.91 Å². The Morgan fingerprint density at radius 3 is 3.10 bits per heavy atom. The van der Waals surface area contributed by atoms with Gasteiger partial charge in [0.05, 0.1) is 19.7 Å². The number of nitrogens with two attached hydrogens (primary N) is 1. The van der Waals surface area contributed by atoms with Crippen LogP contribution in [-0.4, -0.2) is 59.9 Å². The van der Waals surface area contributed by atoms with Gasteiger partial charge in [-0.25, -0.2) is 0 Å². The predicted octanol–water partition coefficient (Wildman–Crippen LogP) is -1.17. The third-order valence-electron chi connectivity index (χ3n) is 4.02. The van der Waals surface area contributed by atoms with Crippen LogP contribution in [0, 0.1) is 5.92 Å². The summed E-state index contributed by atoms with van der Waals surface area (Å²) in [6.07, 6.45) is 5.20. The molecule has 0 radical (unpaired) electrons. The molecule has 0 saturated carbocycles. The minimum absolute atomic E-state index is 0.105. The molecular formula is C13H19BN2O5. The molecule has 2 atom stereocenters. The van der Waals surface area contributed by atoms with Crippen LogP contribution in [0.2, 0.25) is 6.32 Å². The quantitative estimate of drug-likeness (QED) is 0.564. The van der Waals surface area contributed by atoms with Gasteiger partial charge in [0.15, 0.2) is 5.76 Å². The van der Waals surface area contributed by atoms with E-state index in [0.717, 1.165) is 6.42 Å². The topological polar surface area (TPSA) is 105 Å². The van der Waals surface area contributed by atoms with Crippen molar-refractivity contribution in [1.82, 2.24) is 4.90 Å². The summed E-state index contributed by atoms with van der Waals surface area (Å²) in [6.45, 7) is 0.543. The maximum atomic E-state index is 11.7. The number of hydrogen-bond donors (Lipinski definition) is 3. The lowest BCUT2D eigenvalue weighted by Crippen LogP contribution is -2.59. The third kappa shape index (κ3) is 2.79. The number of aliphatic hydroxyl groups excluding tert-OH is 1. The number of aliphatic hydroxyl groups is 1. The van der Waals surface area contributed by atoms with Gasteiger partial charge in [-0.2, -0.15) is 0 Å². The molecule has 8 heteroatoms. The van der Waals surface area contributed by atoms with Crippen molar-refractivity contribution in [3.05, 3.63) is 23.7 Å². The molecule has 7 nitrogen and oxygen atoms in total. The first kappa shape index (κ1) is 14.4. The number of allylic oxidation sites excluding steroid dienone is 3. The Labute approximate surface area is 123 Å². The number of amides is 1. The summed E-state index contributed by atoms with van der Waals surface area (Å²) in [5, 5.41) is 18.4. The Kier molecular flexibility index (Phi) is 3.92. The van der Waals surface area contributed by atoms with Crippen molar-refractivity contribution in [1.29, 1.82) is 0 Å². The third-order valence-corrected chi connectivity index (χ3v) is 4.02. The van der Waals surface area contributed by atoms with Gasteiger partial charge in [-0.3, -0.25) is 4.79 Å². The van der Waals surface area contributed by atoms with Gasteiger partial charge in [-0.15, -0.1) is 0 Å². The molecule has 2 saturated heterocycles. The zero-order valence-electron chi connectivity index (χ0n) is 11.6. The molecule has 1 amide bonds. The second-order valence-electron chi connectivity index (χ2n) is 5.64. The average molecular weight is 294 g/mol. The van der Waals surface area contributed by atoms with Gasteiger partial charge in [-0.05, 0) is 12.5 Å². The highest BCUT2D eigenvalue weighted by Gasteiger charge is 2.40. The Balaban J connectivity index is 1.56. The summed E-state index contributed by atoms with van der Waals surface area (Å²) < 4.78 is 11.2. The maximum Gasteiger partial charge on any atom is 0.523 e. The zero-order chi connectivity index (χ0) is 15.0. The fourth-order valence-corrected chi connectivity index (χ4v) is 2.81. The minimum Gasteiger partial charge on any atom is -0.536 e. The Morgan fingerprint density at radius 2 is 2.38 bits per heavy atom. The lowest BCUT2D eigenvalue weighted by molar-refractivity contribution is -0.144. The Hall–Kier alpha value is -1.51. The van der Waals surface area contributed by atoms with E-state index in [-0.39, 0.29) is 24.5 Å². The summed E-state index contributed by atoms with van der Waals surface area (Å²) >= 11 is 0. The normalized spacial score (nSPS) is 26.3. The number of carbonyl (C=O) groups excluding carboxylic acids is 1. The highest BCUT2D eigenvalue weighted by molar-refractivity contribution is 6.44. The summed E-state index contributed by atoms with van der Waals surface area (Å²) in [4.78, 5) is 13.3. The number of carbonyl (C=O) groups is 1. The van der Waals surface area contributed by atoms with Crippen LogP contribution in [0.3, 0.4) is 0 Å². The molecule has 1 unspecified atom stereocenters. The summed E-state index contributed by atoms with van der Waals surface area (Å²) in [5.74, 6) is 1.27. The molecule has 3 aliphatic rings.